The van der Waals surface area contributed by atoms with Gasteiger partial charge in [-0.15, -0.1) is 0 Å². The molecule has 138 valence electrons. The molecule has 6 nitrogen and oxygen atoms in total. The van der Waals surface area contributed by atoms with Gasteiger partial charge in [0.25, 0.3) is 0 Å². The predicted octanol–water partition coefficient (Wildman–Crippen LogP) is 3.47. The van der Waals surface area contributed by atoms with Gasteiger partial charge in [0.2, 0.25) is 0 Å². The summed E-state index contributed by atoms with van der Waals surface area (Å²) < 4.78 is 10.3. The fourth-order valence-corrected chi connectivity index (χ4v) is 2.22. The van der Waals surface area contributed by atoms with Gasteiger partial charge in [-0.3, -0.25) is 14.7 Å². The number of hydrogen-bond donors (Lipinski definition) is 0. The number of esters is 1. The van der Waals surface area contributed by atoms with Crippen molar-refractivity contribution in [3.8, 4) is 0 Å². The van der Waals surface area contributed by atoms with Crippen LogP contribution >= 0.6 is 0 Å². The number of rotatable bonds is 8. The van der Waals surface area contributed by atoms with Crippen LogP contribution in [0.15, 0.2) is 54.7 Å². The van der Waals surface area contributed by atoms with Crippen LogP contribution in [-0.4, -0.2) is 36.8 Å². The molecule has 0 unspecified atom stereocenters. The molecule has 0 radical (unpaired) electrons. The van der Waals surface area contributed by atoms with Crippen LogP contribution in [-0.2, 0) is 20.7 Å². The molecular weight excluding hydrogens is 332 g/mol. The number of benzene rings is 1. The van der Waals surface area contributed by atoms with Crippen molar-refractivity contribution in [2.24, 2.45) is 5.92 Å². The summed E-state index contributed by atoms with van der Waals surface area (Å²) in [6.07, 6.45) is 1.85. The summed E-state index contributed by atoms with van der Waals surface area (Å²) in [7, 11) is 0. The van der Waals surface area contributed by atoms with Crippen molar-refractivity contribution in [1.29, 1.82) is 0 Å². The summed E-state index contributed by atoms with van der Waals surface area (Å²) in [6, 6.07) is 15.0. The van der Waals surface area contributed by atoms with Gasteiger partial charge in [-0.05, 0) is 24.3 Å². The van der Waals surface area contributed by atoms with Crippen molar-refractivity contribution in [2.45, 2.75) is 20.3 Å². The fraction of sp³-hybridized carbons (Fsp3) is 0.350. The molecule has 0 aliphatic heterocycles. The van der Waals surface area contributed by atoms with Gasteiger partial charge in [-0.2, -0.15) is 0 Å². The fourth-order valence-electron chi connectivity index (χ4n) is 2.22. The van der Waals surface area contributed by atoms with Crippen LogP contribution in [0.4, 0.5) is 10.5 Å². The number of nitrogens with zero attached hydrogens (tertiary/aromatic N) is 2. The molecule has 0 bridgehead atoms. The molecule has 0 aliphatic carbocycles. The molecule has 1 amide bonds. The van der Waals surface area contributed by atoms with Crippen molar-refractivity contribution < 1.29 is 19.1 Å². The van der Waals surface area contributed by atoms with Gasteiger partial charge in [0.05, 0.1) is 5.92 Å². The summed E-state index contributed by atoms with van der Waals surface area (Å²) in [5.41, 5.74) is 1.64. The quantitative estimate of drug-likeness (QED) is 0.535. The van der Waals surface area contributed by atoms with Crippen molar-refractivity contribution in [2.75, 3.05) is 24.7 Å². The molecule has 0 saturated carbocycles. The monoisotopic (exact) mass is 356 g/mol. The van der Waals surface area contributed by atoms with Gasteiger partial charge < -0.3 is 9.47 Å². The van der Waals surface area contributed by atoms with Crippen LogP contribution in [0.2, 0.25) is 0 Å². The van der Waals surface area contributed by atoms with Gasteiger partial charge in [-0.1, -0.05) is 38.1 Å². The second kappa shape index (κ2) is 10.2. The Kier molecular flexibility index (Phi) is 7.61. The zero-order valence-electron chi connectivity index (χ0n) is 15.1. The lowest BCUT2D eigenvalue weighted by molar-refractivity contribution is -0.148. The van der Waals surface area contributed by atoms with E-state index in [0.717, 1.165) is 11.4 Å². The Balaban J connectivity index is 1.92. The van der Waals surface area contributed by atoms with Crippen LogP contribution in [0.25, 0.3) is 0 Å². The Morgan fingerprint density at radius 3 is 2.35 bits per heavy atom. The van der Waals surface area contributed by atoms with Gasteiger partial charge in [-0.25, -0.2) is 4.79 Å². The molecule has 26 heavy (non-hydrogen) atoms. The van der Waals surface area contributed by atoms with Gasteiger partial charge in [0, 0.05) is 30.5 Å². The third-order valence-corrected chi connectivity index (χ3v) is 3.63. The van der Waals surface area contributed by atoms with Crippen molar-refractivity contribution in [3.05, 3.63) is 60.4 Å². The van der Waals surface area contributed by atoms with Gasteiger partial charge in [0.15, 0.2) is 0 Å². The van der Waals surface area contributed by atoms with E-state index in [-0.39, 0.29) is 25.1 Å². The van der Waals surface area contributed by atoms with Crippen molar-refractivity contribution >= 4 is 17.7 Å². The average molecular weight is 356 g/mol. The SMILES string of the molecule is CC(C)C(=O)OCCOC(=O)N(CCc1ccccn1)c1ccccc1. The molecule has 6 heteroatoms. The zero-order chi connectivity index (χ0) is 18.8. The highest BCUT2D eigenvalue weighted by atomic mass is 16.6. The lowest BCUT2D eigenvalue weighted by Crippen LogP contribution is -2.34. The van der Waals surface area contributed by atoms with E-state index in [1.807, 2.05) is 48.5 Å². The molecule has 0 atom stereocenters. The molecule has 1 aromatic carbocycles. The Bertz CT molecular complexity index is 689. The van der Waals surface area contributed by atoms with E-state index < -0.39 is 6.09 Å². The summed E-state index contributed by atoms with van der Waals surface area (Å²) in [4.78, 5) is 29.7. The number of pyridine rings is 1. The van der Waals surface area contributed by atoms with E-state index in [1.54, 1.807) is 24.9 Å². The molecular formula is C20H24N2O4. The normalized spacial score (nSPS) is 10.4. The maximum atomic E-state index is 12.5. The molecule has 0 aliphatic rings. The predicted molar refractivity (Wildman–Crippen MR) is 98.9 cm³/mol. The van der Waals surface area contributed by atoms with Crippen LogP contribution in [0.3, 0.4) is 0 Å². The van der Waals surface area contributed by atoms with E-state index >= 15 is 0 Å². The minimum absolute atomic E-state index is 0.0181. The standard InChI is InChI=1S/C20H24N2O4/c1-16(2)19(23)25-14-15-26-20(24)22(18-9-4-3-5-10-18)13-11-17-8-6-7-12-21-17/h3-10,12,16H,11,13-15H2,1-2H3. The van der Waals surface area contributed by atoms with Crippen molar-refractivity contribution in [1.82, 2.24) is 4.98 Å². The maximum Gasteiger partial charge on any atom is 0.414 e. The minimum atomic E-state index is -0.479. The maximum absolute atomic E-state index is 12.5. The number of carbonyl (C=O) groups excluding carboxylic acids is 2. The smallest absolute Gasteiger partial charge is 0.414 e. The molecule has 1 heterocycles. The summed E-state index contributed by atoms with van der Waals surface area (Å²) in [5, 5.41) is 0. The Labute approximate surface area is 153 Å². The summed E-state index contributed by atoms with van der Waals surface area (Å²) >= 11 is 0. The number of hydrogen-bond acceptors (Lipinski definition) is 5. The number of amides is 1. The third kappa shape index (κ3) is 6.20. The topological polar surface area (TPSA) is 68.7 Å². The van der Waals surface area contributed by atoms with E-state index in [9.17, 15) is 9.59 Å². The number of aromatic nitrogens is 1. The number of anilines is 1. The second-order valence-electron chi connectivity index (χ2n) is 5.99. The Morgan fingerprint density at radius 1 is 1.00 bits per heavy atom. The zero-order valence-corrected chi connectivity index (χ0v) is 15.1. The Morgan fingerprint density at radius 2 is 1.69 bits per heavy atom. The molecule has 2 rings (SSSR count). The first-order chi connectivity index (χ1) is 12.6. The summed E-state index contributed by atoms with van der Waals surface area (Å²) in [6.45, 7) is 4.01. The molecule has 0 saturated heterocycles. The van der Waals surface area contributed by atoms with Crippen LogP contribution in [0.1, 0.15) is 19.5 Å². The van der Waals surface area contributed by atoms with Gasteiger partial charge >= 0.3 is 12.1 Å². The lowest BCUT2D eigenvalue weighted by atomic mass is 10.2. The minimum Gasteiger partial charge on any atom is -0.462 e. The summed E-state index contributed by atoms with van der Waals surface area (Å²) in [5.74, 6) is -0.513. The lowest BCUT2D eigenvalue weighted by Gasteiger charge is -2.22. The van der Waals surface area contributed by atoms with Gasteiger partial charge in [0.1, 0.15) is 13.2 Å². The first-order valence-electron chi connectivity index (χ1n) is 8.64. The van der Waals surface area contributed by atoms with E-state index in [1.165, 1.54) is 0 Å². The highest BCUT2D eigenvalue weighted by Gasteiger charge is 2.17. The Hall–Kier alpha value is -2.89. The van der Waals surface area contributed by atoms with E-state index in [4.69, 9.17) is 9.47 Å². The van der Waals surface area contributed by atoms with E-state index in [2.05, 4.69) is 4.98 Å². The molecule has 0 N–H and O–H groups in total. The molecule has 0 spiro atoms. The average Bonchev–Trinajstić information content (AvgIpc) is 2.66. The largest absolute Gasteiger partial charge is 0.462 e. The molecule has 1 aromatic heterocycles. The van der Waals surface area contributed by atoms with Crippen LogP contribution < -0.4 is 4.90 Å². The van der Waals surface area contributed by atoms with E-state index in [0.29, 0.717) is 13.0 Å². The number of ether oxygens (including phenoxy) is 2. The molecule has 0 fully saturated rings. The number of carbonyl (C=O) groups is 2. The first-order valence-corrected chi connectivity index (χ1v) is 8.64. The highest BCUT2D eigenvalue weighted by molar-refractivity contribution is 5.87. The first kappa shape index (κ1) is 19.4. The third-order valence-electron chi connectivity index (χ3n) is 3.63. The van der Waals surface area contributed by atoms with Crippen LogP contribution in [0.5, 0.6) is 0 Å². The van der Waals surface area contributed by atoms with Crippen LogP contribution in [0, 0.1) is 5.92 Å². The molecule has 2 aromatic rings. The number of para-hydroxylation sites is 1. The second-order valence-corrected chi connectivity index (χ2v) is 5.99. The van der Waals surface area contributed by atoms with Crippen molar-refractivity contribution in [3.63, 3.8) is 0 Å². The highest BCUT2D eigenvalue weighted by Crippen LogP contribution is 2.15.